The van der Waals surface area contributed by atoms with Gasteiger partial charge in [0.15, 0.2) is 6.61 Å². The number of aromatic nitrogens is 1. The summed E-state index contributed by atoms with van der Waals surface area (Å²) in [6.45, 7) is 3.46. The second kappa shape index (κ2) is 6.54. The summed E-state index contributed by atoms with van der Waals surface area (Å²) in [6, 6.07) is 9.60. The molecule has 0 unspecified atom stereocenters. The molecule has 110 valence electrons. The van der Waals surface area contributed by atoms with Crippen molar-refractivity contribution in [2.45, 2.75) is 6.42 Å². The van der Waals surface area contributed by atoms with Gasteiger partial charge in [0.1, 0.15) is 5.75 Å². The Bertz CT molecular complexity index is 622. The second-order valence-corrected chi connectivity index (χ2v) is 5.13. The zero-order valence-corrected chi connectivity index (χ0v) is 11.9. The molecule has 0 aliphatic carbocycles. The van der Waals surface area contributed by atoms with Gasteiger partial charge < -0.3 is 15.0 Å². The molecule has 2 aromatic rings. The van der Waals surface area contributed by atoms with Crippen molar-refractivity contribution in [3.8, 4) is 5.75 Å². The Morgan fingerprint density at radius 1 is 1.29 bits per heavy atom. The van der Waals surface area contributed by atoms with E-state index >= 15 is 0 Å². The standard InChI is InChI=1S/C16H19N3O2/c20-16(19-9-2-6-17-8-10-19)12-21-14-5-4-13-3-1-7-18-15(13)11-14/h1,3-5,7,11,17H,2,6,8-10,12H2. The molecule has 1 amide bonds. The van der Waals surface area contributed by atoms with E-state index in [9.17, 15) is 4.79 Å². The largest absolute Gasteiger partial charge is 0.484 e. The fourth-order valence-electron chi connectivity index (χ4n) is 2.47. The van der Waals surface area contributed by atoms with Crippen LogP contribution in [-0.4, -0.2) is 48.6 Å². The smallest absolute Gasteiger partial charge is 0.260 e. The summed E-state index contributed by atoms with van der Waals surface area (Å²) in [5, 5.41) is 4.35. The van der Waals surface area contributed by atoms with Crippen molar-refractivity contribution in [1.29, 1.82) is 0 Å². The number of amides is 1. The molecule has 1 aromatic heterocycles. The Hall–Kier alpha value is -2.14. The third-order valence-electron chi connectivity index (χ3n) is 3.63. The number of nitrogens with zero attached hydrogens (tertiary/aromatic N) is 2. The highest BCUT2D eigenvalue weighted by Gasteiger charge is 2.15. The topological polar surface area (TPSA) is 54.5 Å². The highest BCUT2D eigenvalue weighted by Crippen LogP contribution is 2.18. The summed E-state index contributed by atoms with van der Waals surface area (Å²) in [5.41, 5.74) is 0.876. The molecule has 0 saturated carbocycles. The Morgan fingerprint density at radius 3 is 3.19 bits per heavy atom. The van der Waals surface area contributed by atoms with E-state index in [4.69, 9.17) is 4.74 Å². The van der Waals surface area contributed by atoms with Crippen LogP contribution < -0.4 is 10.1 Å². The predicted molar refractivity (Wildman–Crippen MR) is 81.3 cm³/mol. The number of nitrogens with one attached hydrogen (secondary N) is 1. The average molecular weight is 285 g/mol. The number of rotatable bonds is 3. The number of hydrogen-bond acceptors (Lipinski definition) is 4. The van der Waals surface area contributed by atoms with Crippen LogP contribution in [0.2, 0.25) is 0 Å². The lowest BCUT2D eigenvalue weighted by Gasteiger charge is -2.20. The number of carbonyl (C=O) groups excluding carboxylic acids is 1. The third kappa shape index (κ3) is 3.49. The van der Waals surface area contributed by atoms with Gasteiger partial charge in [-0.25, -0.2) is 0 Å². The van der Waals surface area contributed by atoms with Crippen LogP contribution in [0.5, 0.6) is 5.75 Å². The number of pyridine rings is 1. The summed E-state index contributed by atoms with van der Waals surface area (Å²) in [6.07, 6.45) is 2.74. The lowest BCUT2D eigenvalue weighted by molar-refractivity contribution is -0.133. The highest BCUT2D eigenvalue weighted by molar-refractivity contribution is 5.80. The monoisotopic (exact) mass is 285 g/mol. The van der Waals surface area contributed by atoms with Crippen LogP contribution in [0.4, 0.5) is 0 Å². The van der Waals surface area contributed by atoms with Gasteiger partial charge in [0.05, 0.1) is 5.52 Å². The summed E-state index contributed by atoms with van der Waals surface area (Å²) in [4.78, 5) is 18.3. The first-order valence-electron chi connectivity index (χ1n) is 7.29. The molecule has 2 heterocycles. The fraction of sp³-hybridized carbons (Fsp3) is 0.375. The first-order valence-corrected chi connectivity index (χ1v) is 7.29. The number of benzene rings is 1. The van der Waals surface area contributed by atoms with E-state index in [1.54, 1.807) is 6.20 Å². The van der Waals surface area contributed by atoms with Gasteiger partial charge in [-0.2, -0.15) is 0 Å². The van der Waals surface area contributed by atoms with Gasteiger partial charge in [0.2, 0.25) is 0 Å². The van der Waals surface area contributed by atoms with Crippen LogP contribution in [0.15, 0.2) is 36.5 Å². The van der Waals surface area contributed by atoms with E-state index in [0.717, 1.165) is 43.5 Å². The molecule has 1 fully saturated rings. The maximum Gasteiger partial charge on any atom is 0.260 e. The molecule has 5 nitrogen and oxygen atoms in total. The number of fused-ring (bicyclic) bond motifs is 1. The molecule has 1 aliphatic rings. The molecule has 0 radical (unpaired) electrons. The summed E-state index contributed by atoms with van der Waals surface area (Å²) >= 11 is 0. The van der Waals surface area contributed by atoms with Crippen molar-refractivity contribution < 1.29 is 9.53 Å². The van der Waals surface area contributed by atoms with Crippen LogP contribution in [0, 0.1) is 0 Å². The molecule has 0 bridgehead atoms. The van der Waals surface area contributed by atoms with E-state index in [2.05, 4.69) is 10.3 Å². The molecule has 0 spiro atoms. The maximum absolute atomic E-state index is 12.1. The highest BCUT2D eigenvalue weighted by atomic mass is 16.5. The van der Waals surface area contributed by atoms with Crippen molar-refractivity contribution in [3.05, 3.63) is 36.5 Å². The normalized spacial score (nSPS) is 15.7. The van der Waals surface area contributed by atoms with Crippen LogP contribution in [0.3, 0.4) is 0 Å². The Morgan fingerprint density at radius 2 is 2.24 bits per heavy atom. The van der Waals surface area contributed by atoms with Crippen LogP contribution >= 0.6 is 0 Å². The van der Waals surface area contributed by atoms with Crippen LogP contribution in [0.25, 0.3) is 10.9 Å². The first-order chi connectivity index (χ1) is 10.3. The molecule has 1 saturated heterocycles. The fourth-order valence-corrected chi connectivity index (χ4v) is 2.47. The first kappa shape index (κ1) is 13.8. The Labute approximate surface area is 123 Å². The molecule has 21 heavy (non-hydrogen) atoms. The number of hydrogen-bond donors (Lipinski definition) is 1. The summed E-state index contributed by atoms with van der Waals surface area (Å²) in [5.74, 6) is 0.724. The van der Waals surface area contributed by atoms with E-state index in [1.807, 2.05) is 35.2 Å². The van der Waals surface area contributed by atoms with E-state index in [0.29, 0.717) is 5.75 Å². The minimum Gasteiger partial charge on any atom is -0.484 e. The van der Waals surface area contributed by atoms with Gasteiger partial charge in [-0.3, -0.25) is 9.78 Å². The van der Waals surface area contributed by atoms with Crippen molar-refractivity contribution in [2.75, 3.05) is 32.8 Å². The van der Waals surface area contributed by atoms with Gasteiger partial charge in [-0.05, 0) is 31.2 Å². The SMILES string of the molecule is O=C(COc1ccc2cccnc2c1)N1CCCNCC1. The molecule has 1 aromatic carbocycles. The molecule has 1 N–H and O–H groups in total. The van der Waals surface area contributed by atoms with Crippen molar-refractivity contribution >= 4 is 16.8 Å². The van der Waals surface area contributed by atoms with Gasteiger partial charge in [-0.1, -0.05) is 6.07 Å². The zero-order chi connectivity index (χ0) is 14.5. The Balaban J connectivity index is 1.61. The van der Waals surface area contributed by atoms with Crippen molar-refractivity contribution in [2.24, 2.45) is 0 Å². The second-order valence-electron chi connectivity index (χ2n) is 5.13. The molecule has 0 atom stereocenters. The van der Waals surface area contributed by atoms with E-state index in [1.165, 1.54) is 0 Å². The molecular formula is C16H19N3O2. The molecule has 5 heteroatoms. The zero-order valence-electron chi connectivity index (χ0n) is 11.9. The van der Waals surface area contributed by atoms with Crippen LogP contribution in [0.1, 0.15) is 6.42 Å². The van der Waals surface area contributed by atoms with Gasteiger partial charge in [0.25, 0.3) is 5.91 Å². The molecule has 1 aliphatic heterocycles. The predicted octanol–water partition coefficient (Wildman–Crippen LogP) is 1.44. The van der Waals surface area contributed by atoms with E-state index in [-0.39, 0.29) is 12.5 Å². The van der Waals surface area contributed by atoms with Gasteiger partial charge >= 0.3 is 0 Å². The quantitative estimate of drug-likeness (QED) is 0.927. The summed E-state index contributed by atoms with van der Waals surface area (Å²) < 4.78 is 5.62. The van der Waals surface area contributed by atoms with Gasteiger partial charge in [-0.15, -0.1) is 0 Å². The van der Waals surface area contributed by atoms with Crippen molar-refractivity contribution in [3.63, 3.8) is 0 Å². The minimum absolute atomic E-state index is 0.0415. The average Bonchev–Trinajstić information content (AvgIpc) is 2.81. The summed E-state index contributed by atoms with van der Waals surface area (Å²) in [7, 11) is 0. The molecular weight excluding hydrogens is 266 g/mol. The minimum atomic E-state index is 0.0415. The van der Waals surface area contributed by atoms with E-state index < -0.39 is 0 Å². The lowest BCUT2D eigenvalue weighted by atomic mass is 10.2. The maximum atomic E-state index is 12.1. The number of ether oxygens (including phenoxy) is 1. The van der Waals surface area contributed by atoms with Crippen LogP contribution in [-0.2, 0) is 4.79 Å². The third-order valence-corrected chi connectivity index (χ3v) is 3.63. The Kier molecular flexibility index (Phi) is 4.31. The number of carbonyl (C=O) groups is 1. The van der Waals surface area contributed by atoms with Gasteiger partial charge in [0, 0.05) is 37.3 Å². The molecule has 3 rings (SSSR count). The van der Waals surface area contributed by atoms with Crippen molar-refractivity contribution in [1.82, 2.24) is 15.2 Å². The lowest BCUT2D eigenvalue weighted by Crippen LogP contribution is -2.37.